The van der Waals surface area contributed by atoms with E-state index in [1.54, 1.807) is 18.2 Å². The molecular formula is C18H15FN2OS. The van der Waals surface area contributed by atoms with Gasteiger partial charge in [0.1, 0.15) is 5.82 Å². The molecule has 1 heterocycles. The molecule has 0 unspecified atom stereocenters. The van der Waals surface area contributed by atoms with E-state index in [2.05, 4.69) is 17.2 Å². The first-order valence-corrected chi connectivity index (χ1v) is 8.10. The standard InChI is InChI=1S/C18H15FN2OS/c1-2-12-6-8-15(9-7-12)20-18-21-17(22)16(23-18)11-13-4-3-5-14(19)10-13/h3-11H,2H2,1H3,(H,20,21,22). The summed E-state index contributed by atoms with van der Waals surface area (Å²) in [5, 5.41) is 3.26. The zero-order valence-electron chi connectivity index (χ0n) is 12.5. The Kier molecular flexibility index (Phi) is 4.57. The Balaban J connectivity index is 1.80. The van der Waals surface area contributed by atoms with Gasteiger partial charge in [-0.05, 0) is 59.7 Å². The van der Waals surface area contributed by atoms with Gasteiger partial charge in [0.15, 0.2) is 5.17 Å². The van der Waals surface area contributed by atoms with Gasteiger partial charge in [0.2, 0.25) is 0 Å². The van der Waals surface area contributed by atoms with Crippen molar-refractivity contribution >= 4 is 34.6 Å². The maximum Gasteiger partial charge on any atom is 0.264 e. The maximum atomic E-state index is 13.2. The molecule has 116 valence electrons. The molecule has 23 heavy (non-hydrogen) atoms. The van der Waals surface area contributed by atoms with Crippen molar-refractivity contribution in [1.82, 2.24) is 5.32 Å². The van der Waals surface area contributed by atoms with Crippen LogP contribution in [0.25, 0.3) is 6.08 Å². The lowest BCUT2D eigenvalue weighted by molar-refractivity contribution is -0.115. The largest absolute Gasteiger partial charge is 0.300 e. The van der Waals surface area contributed by atoms with Crippen LogP contribution in [0, 0.1) is 5.82 Å². The van der Waals surface area contributed by atoms with Crippen molar-refractivity contribution in [3.05, 3.63) is 70.4 Å². The highest BCUT2D eigenvalue weighted by molar-refractivity contribution is 8.18. The number of halogens is 1. The van der Waals surface area contributed by atoms with E-state index in [0.717, 1.165) is 12.1 Å². The molecule has 0 saturated carbocycles. The first-order chi connectivity index (χ1) is 11.1. The Morgan fingerprint density at radius 3 is 2.70 bits per heavy atom. The fraction of sp³-hybridized carbons (Fsp3) is 0.111. The number of benzene rings is 2. The number of thioether (sulfide) groups is 1. The summed E-state index contributed by atoms with van der Waals surface area (Å²) >= 11 is 1.25. The van der Waals surface area contributed by atoms with Crippen molar-refractivity contribution in [2.45, 2.75) is 13.3 Å². The molecule has 0 atom stereocenters. The quantitative estimate of drug-likeness (QED) is 0.855. The molecule has 0 radical (unpaired) electrons. The number of nitrogens with one attached hydrogen (secondary N) is 1. The van der Waals surface area contributed by atoms with Crippen molar-refractivity contribution in [3.63, 3.8) is 0 Å². The molecule has 1 aliphatic rings. The summed E-state index contributed by atoms with van der Waals surface area (Å²) in [4.78, 5) is 16.9. The second-order valence-corrected chi connectivity index (χ2v) is 6.09. The van der Waals surface area contributed by atoms with Crippen LogP contribution in [0.15, 0.2) is 58.4 Å². The molecule has 3 rings (SSSR count). The van der Waals surface area contributed by atoms with Crippen LogP contribution in [0.5, 0.6) is 0 Å². The molecule has 1 amide bonds. The van der Waals surface area contributed by atoms with Crippen molar-refractivity contribution in [2.24, 2.45) is 4.99 Å². The highest BCUT2D eigenvalue weighted by Crippen LogP contribution is 2.28. The number of hydrogen-bond acceptors (Lipinski definition) is 3. The molecule has 2 aromatic rings. The normalized spacial score (nSPS) is 17.7. The molecular weight excluding hydrogens is 311 g/mol. The van der Waals surface area contributed by atoms with Crippen molar-refractivity contribution in [1.29, 1.82) is 0 Å². The summed E-state index contributed by atoms with van der Waals surface area (Å²) in [5.41, 5.74) is 2.68. The molecule has 1 saturated heterocycles. The van der Waals surface area contributed by atoms with Crippen LogP contribution in [0.3, 0.4) is 0 Å². The number of rotatable bonds is 3. The Bertz CT molecular complexity index is 797. The third-order valence-electron chi connectivity index (χ3n) is 3.37. The lowest BCUT2D eigenvalue weighted by Crippen LogP contribution is -2.19. The van der Waals surface area contributed by atoms with Gasteiger partial charge in [-0.2, -0.15) is 0 Å². The van der Waals surface area contributed by atoms with E-state index in [9.17, 15) is 9.18 Å². The summed E-state index contributed by atoms with van der Waals surface area (Å²) in [5.74, 6) is -0.546. The summed E-state index contributed by atoms with van der Waals surface area (Å²) in [7, 11) is 0. The molecule has 0 aromatic heterocycles. The van der Waals surface area contributed by atoms with Crippen LogP contribution >= 0.6 is 11.8 Å². The first-order valence-electron chi connectivity index (χ1n) is 7.28. The number of amidine groups is 1. The second-order valence-electron chi connectivity index (χ2n) is 5.06. The highest BCUT2D eigenvalue weighted by atomic mass is 32.2. The van der Waals surface area contributed by atoms with Gasteiger partial charge >= 0.3 is 0 Å². The number of aliphatic imine (C=N–C) groups is 1. The summed E-state index contributed by atoms with van der Waals surface area (Å²) in [6.45, 7) is 2.09. The second kappa shape index (κ2) is 6.79. The summed E-state index contributed by atoms with van der Waals surface area (Å²) in [6, 6.07) is 14.0. The molecule has 0 aliphatic carbocycles. The smallest absolute Gasteiger partial charge is 0.264 e. The monoisotopic (exact) mass is 326 g/mol. The van der Waals surface area contributed by atoms with Crippen molar-refractivity contribution in [3.8, 4) is 0 Å². The molecule has 0 bridgehead atoms. The maximum absolute atomic E-state index is 13.2. The van der Waals surface area contributed by atoms with Crippen LogP contribution in [-0.4, -0.2) is 11.1 Å². The van der Waals surface area contributed by atoms with Gasteiger partial charge < -0.3 is 5.32 Å². The Labute approximate surface area is 138 Å². The third-order valence-corrected chi connectivity index (χ3v) is 4.28. The zero-order valence-corrected chi connectivity index (χ0v) is 13.4. The third kappa shape index (κ3) is 3.87. The van der Waals surface area contributed by atoms with E-state index in [0.29, 0.717) is 15.6 Å². The van der Waals surface area contributed by atoms with Gasteiger partial charge in [0.05, 0.1) is 10.6 Å². The van der Waals surface area contributed by atoms with Gasteiger partial charge in [-0.15, -0.1) is 0 Å². The number of carbonyl (C=O) groups is 1. The van der Waals surface area contributed by atoms with Crippen LogP contribution in [-0.2, 0) is 11.2 Å². The van der Waals surface area contributed by atoms with E-state index in [-0.39, 0.29) is 11.7 Å². The number of amides is 1. The zero-order chi connectivity index (χ0) is 16.2. The number of carbonyl (C=O) groups excluding carboxylic acids is 1. The van der Waals surface area contributed by atoms with Crippen LogP contribution in [0.1, 0.15) is 18.1 Å². The van der Waals surface area contributed by atoms with Gasteiger partial charge in [0.25, 0.3) is 5.91 Å². The lowest BCUT2D eigenvalue weighted by atomic mass is 10.2. The molecule has 1 N–H and O–H groups in total. The van der Waals surface area contributed by atoms with Crippen LogP contribution < -0.4 is 5.32 Å². The number of hydrogen-bond donors (Lipinski definition) is 1. The lowest BCUT2D eigenvalue weighted by Gasteiger charge is -1.98. The first kappa shape index (κ1) is 15.5. The Morgan fingerprint density at radius 1 is 1.22 bits per heavy atom. The number of aryl methyl sites for hydroxylation is 1. The van der Waals surface area contributed by atoms with Gasteiger partial charge in [-0.3, -0.25) is 4.79 Å². The van der Waals surface area contributed by atoms with Crippen molar-refractivity contribution < 1.29 is 9.18 Å². The van der Waals surface area contributed by atoms with E-state index < -0.39 is 0 Å². The summed E-state index contributed by atoms with van der Waals surface area (Å²) in [6.07, 6.45) is 2.63. The average Bonchev–Trinajstić information content (AvgIpc) is 2.87. The molecule has 5 heteroatoms. The topological polar surface area (TPSA) is 41.5 Å². The fourth-order valence-corrected chi connectivity index (χ4v) is 2.99. The molecule has 1 aliphatic heterocycles. The van der Waals surface area contributed by atoms with Crippen LogP contribution in [0.4, 0.5) is 10.1 Å². The van der Waals surface area contributed by atoms with E-state index in [4.69, 9.17) is 0 Å². The Morgan fingerprint density at radius 2 is 2.00 bits per heavy atom. The van der Waals surface area contributed by atoms with Gasteiger partial charge in [0, 0.05) is 0 Å². The van der Waals surface area contributed by atoms with Crippen molar-refractivity contribution in [2.75, 3.05) is 0 Å². The van der Waals surface area contributed by atoms with E-state index in [1.165, 1.54) is 29.5 Å². The minimum absolute atomic E-state index is 0.219. The highest BCUT2D eigenvalue weighted by Gasteiger charge is 2.23. The fourth-order valence-electron chi connectivity index (χ4n) is 2.15. The van der Waals surface area contributed by atoms with Gasteiger partial charge in [-0.25, -0.2) is 9.38 Å². The predicted molar refractivity (Wildman–Crippen MR) is 93.0 cm³/mol. The van der Waals surface area contributed by atoms with E-state index in [1.807, 2.05) is 24.3 Å². The van der Waals surface area contributed by atoms with E-state index >= 15 is 0 Å². The average molecular weight is 326 g/mol. The summed E-state index contributed by atoms with van der Waals surface area (Å²) < 4.78 is 13.2. The molecule has 1 fully saturated rings. The molecule has 0 spiro atoms. The SMILES string of the molecule is CCc1ccc(N=C2NC(=O)C(=Cc3cccc(F)c3)S2)cc1. The Hall–Kier alpha value is -2.40. The number of nitrogens with zero attached hydrogens (tertiary/aromatic N) is 1. The molecule has 2 aromatic carbocycles. The minimum Gasteiger partial charge on any atom is -0.300 e. The molecule has 3 nitrogen and oxygen atoms in total. The van der Waals surface area contributed by atoms with Crippen LogP contribution in [0.2, 0.25) is 0 Å². The minimum atomic E-state index is -0.326. The van der Waals surface area contributed by atoms with Gasteiger partial charge in [-0.1, -0.05) is 31.2 Å². The predicted octanol–water partition coefficient (Wildman–Crippen LogP) is 4.28.